The standard InChI is InChI=1S/C25H21F4N7O3/c26-17-10-13(23(37)33-18-11-15(5-6-31-18)25(27,28)29)3-4-16(17)19-20-21(30)32-7-9-36(20)22(34-19)14-2-1-8-35(12-14)24(38)39/h3-7,9-11,14H,1-2,8,12H2,(H2,30,32)(H,38,39)(H,31,33,37)/t14-/m1/s1. The van der Waals surface area contributed by atoms with Crippen LogP contribution in [0.25, 0.3) is 16.8 Å². The van der Waals surface area contributed by atoms with Crippen molar-refractivity contribution in [2.45, 2.75) is 24.9 Å². The number of alkyl halides is 3. The highest BCUT2D eigenvalue weighted by molar-refractivity contribution is 6.04. The number of imidazole rings is 1. The van der Waals surface area contributed by atoms with Crippen LogP contribution in [-0.2, 0) is 6.18 Å². The lowest BCUT2D eigenvalue weighted by Gasteiger charge is -2.29. The van der Waals surface area contributed by atoms with Crippen molar-refractivity contribution in [3.8, 4) is 11.3 Å². The SMILES string of the molecule is Nc1nccn2c([C@@H]3CCCN(C(=O)O)C3)nc(-c3ccc(C(=O)Nc4cc(C(F)(F)F)ccn4)cc3F)c12. The minimum Gasteiger partial charge on any atom is -0.465 e. The number of aromatic nitrogens is 4. The van der Waals surface area contributed by atoms with Gasteiger partial charge in [-0.05, 0) is 43.2 Å². The molecule has 1 aromatic carbocycles. The maximum Gasteiger partial charge on any atom is 0.416 e. The highest BCUT2D eigenvalue weighted by Gasteiger charge is 2.31. The Kier molecular flexibility index (Phi) is 6.54. The number of carbonyl (C=O) groups excluding carboxylic acids is 1. The molecule has 202 valence electrons. The lowest BCUT2D eigenvalue weighted by atomic mass is 9.97. The number of piperidine rings is 1. The molecule has 0 spiro atoms. The highest BCUT2D eigenvalue weighted by Crippen LogP contribution is 2.35. The summed E-state index contributed by atoms with van der Waals surface area (Å²) in [5.41, 5.74) is 5.46. The summed E-state index contributed by atoms with van der Waals surface area (Å²) < 4.78 is 55.9. The Balaban J connectivity index is 1.48. The van der Waals surface area contributed by atoms with Gasteiger partial charge in [0.2, 0.25) is 0 Å². The molecular formula is C25H21F4N7O3. The zero-order valence-corrected chi connectivity index (χ0v) is 20.1. The summed E-state index contributed by atoms with van der Waals surface area (Å²) in [4.78, 5) is 37.9. The summed E-state index contributed by atoms with van der Waals surface area (Å²) in [6, 6.07) is 4.98. The molecule has 0 saturated carbocycles. The third kappa shape index (κ3) is 5.04. The van der Waals surface area contributed by atoms with Crippen molar-refractivity contribution in [1.29, 1.82) is 0 Å². The maximum absolute atomic E-state index is 15.4. The fourth-order valence-corrected chi connectivity index (χ4v) is 4.64. The lowest BCUT2D eigenvalue weighted by Crippen LogP contribution is -2.38. The van der Waals surface area contributed by atoms with Crippen LogP contribution in [-0.4, -0.2) is 54.4 Å². The molecule has 1 saturated heterocycles. The number of likely N-dealkylation sites (tertiary alicyclic amines) is 1. The zero-order chi connectivity index (χ0) is 27.9. The Labute approximate surface area is 218 Å². The van der Waals surface area contributed by atoms with Crippen LogP contribution in [0.5, 0.6) is 0 Å². The van der Waals surface area contributed by atoms with Crippen LogP contribution in [0.2, 0.25) is 0 Å². The summed E-state index contributed by atoms with van der Waals surface area (Å²) in [6.07, 6.45) is -0.398. The van der Waals surface area contributed by atoms with Gasteiger partial charge in [0.15, 0.2) is 0 Å². The molecule has 1 aliphatic heterocycles. The fraction of sp³-hybridized carbons (Fsp3) is 0.240. The molecule has 39 heavy (non-hydrogen) atoms. The van der Waals surface area contributed by atoms with E-state index in [0.717, 1.165) is 18.3 Å². The molecule has 4 N–H and O–H groups in total. The van der Waals surface area contributed by atoms with E-state index in [0.29, 0.717) is 36.8 Å². The number of benzene rings is 1. The second-order valence-corrected chi connectivity index (χ2v) is 8.99. The monoisotopic (exact) mass is 543 g/mol. The topological polar surface area (TPSA) is 139 Å². The molecule has 4 aromatic rings. The average molecular weight is 543 g/mol. The molecule has 1 atom stereocenters. The van der Waals surface area contributed by atoms with Gasteiger partial charge in [-0.1, -0.05) is 0 Å². The largest absolute Gasteiger partial charge is 0.465 e. The van der Waals surface area contributed by atoms with Crippen molar-refractivity contribution in [1.82, 2.24) is 24.3 Å². The number of halogens is 4. The van der Waals surface area contributed by atoms with E-state index in [1.54, 1.807) is 10.6 Å². The van der Waals surface area contributed by atoms with Crippen LogP contribution < -0.4 is 11.1 Å². The van der Waals surface area contributed by atoms with Crippen LogP contribution >= 0.6 is 0 Å². The van der Waals surface area contributed by atoms with Crippen LogP contribution in [0, 0.1) is 5.82 Å². The number of nitrogens with zero attached hydrogens (tertiary/aromatic N) is 5. The molecule has 4 heterocycles. The lowest BCUT2D eigenvalue weighted by molar-refractivity contribution is -0.137. The van der Waals surface area contributed by atoms with Gasteiger partial charge in [-0.25, -0.2) is 24.1 Å². The minimum atomic E-state index is -4.62. The Morgan fingerprint density at radius 1 is 1.13 bits per heavy atom. The normalized spacial score (nSPS) is 15.9. The molecule has 0 unspecified atom stereocenters. The summed E-state index contributed by atoms with van der Waals surface area (Å²) in [5.74, 6) is -1.73. The van der Waals surface area contributed by atoms with Crippen molar-refractivity contribution >= 4 is 29.2 Å². The van der Waals surface area contributed by atoms with Crippen molar-refractivity contribution < 1.29 is 32.3 Å². The number of carboxylic acid groups (broad SMARTS) is 1. The molecule has 0 radical (unpaired) electrons. The zero-order valence-electron chi connectivity index (χ0n) is 20.1. The molecule has 14 heteroatoms. The summed E-state index contributed by atoms with van der Waals surface area (Å²) in [7, 11) is 0. The fourth-order valence-electron chi connectivity index (χ4n) is 4.64. The van der Waals surface area contributed by atoms with Gasteiger partial charge in [0.1, 0.15) is 34.5 Å². The van der Waals surface area contributed by atoms with E-state index in [-0.39, 0.29) is 40.9 Å². The number of nitrogens with two attached hydrogens (primary N) is 1. The molecule has 0 aliphatic carbocycles. The summed E-state index contributed by atoms with van der Waals surface area (Å²) >= 11 is 0. The van der Waals surface area contributed by atoms with Crippen molar-refractivity contribution in [2.24, 2.45) is 0 Å². The van der Waals surface area contributed by atoms with Crippen LogP contribution in [0.15, 0.2) is 48.9 Å². The van der Waals surface area contributed by atoms with E-state index < -0.39 is 29.6 Å². The van der Waals surface area contributed by atoms with Gasteiger partial charge < -0.3 is 21.1 Å². The number of fused-ring (bicyclic) bond motifs is 1. The van der Waals surface area contributed by atoms with Gasteiger partial charge >= 0.3 is 12.3 Å². The van der Waals surface area contributed by atoms with Gasteiger partial charge in [0, 0.05) is 48.7 Å². The van der Waals surface area contributed by atoms with E-state index in [1.807, 2.05) is 0 Å². The van der Waals surface area contributed by atoms with Gasteiger partial charge in [0.05, 0.1) is 5.56 Å². The predicted molar refractivity (Wildman–Crippen MR) is 132 cm³/mol. The number of nitrogens with one attached hydrogen (secondary N) is 1. The first-order chi connectivity index (χ1) is 18.5. The van der Waals surface area contributed by atoms with E-state index in [1.165, 1.54) is 23.2 Å². The number of pyridine rings is 1. The predicted octanol–water partition coefficient (Wildman–Crippen LogP) is 4.64. The van der Waals surface area contributed by atoms with Crippen molar-refractivity contribution in [2.75, 3.05) is 24.1 Å². The first-order valence-corrected chi connectivity index (χ1v) is 11.8. The number of nitrogen functional groups attached to an aromatic ring is 1. The van der Waals surface area contributed by atoms with Gasteiger partial charge in [-0.3, -0.25) is 9.20 Å². The Morgan fingerprint density at radius 2 is 1.92 bits per heavy atom. The number of anilines is 2. The smallest absolute Gasteiger partial charge is 0.416 e. The number of amides is 2. The molecular weight excluding hydrogens is 522 g/mol. The summed E-state index contributed by atoms with van der Waals surface area (Å²) in [5, 5.41) is 11.7. The first-order valence-electron chi connectivity index (χ1n) is 11.8. The molecule has 10 nitrogen and oxygen atoms in total. The number of rotatable bonds is 4. The molecule has 3 aromatic heterocycles. The molecule has 2 amide bonds. The number of hydrogen-bond acceptors (Lipinski definition) is 6. The second kappa shape index (κ2) is 9.85. The van der Waals surface area contributed by atoms with E-state index in [4.69, 9.17) is 5.73 Å². The van der Waals surface area contributed by atoms with Gasteiger partial charge in [0.25, 0.3) is 5.91 Å². The maximum atomic E-state index is 15.4. The molecule has 5 rings (SSSR count). The summed E-state index contributed by atoms with van der Waals surface area (Å²) in [6.45, 7) is 0.612. The quantitative estimate of drug-likeness (QED) is 0.319. The highest BCUT2D eigenvalue weighted by atomic mass is 19.4. The third-order valence-corrected chi connectivity index (χ3v) is 6.48. The van der Waals surface area contributed by atoms with E-state index in [9.17, 15) is 27.9 Å². The van der Waals surface area contributed by atoms with Gasteiger partial charge in [-0.2, -0.15) is 13.2 Å². The van der Waals surface area contributed by atoms with E-state index >= 15 is 4.39 Å². The molecule has 1 fully saturated rings. The van der Waals surface area contributed by atoms with Crippen molar-refractivity contribution in [3.63, 3.8) is 0 Å². The first kappa shape index (κ1) is 25.9. The third-order valence-electron chi connectivity index (χ3n) is 6.48. The average Bonchev–Trinajstić information content (AvgIpc) is 3.29. The van der Waals surface area contributed by atoms with Crippen LogP contribution in [0.3, 0.4) is 0 Å². The minimum absolute atomic E-state index is 0.0121. The second-order valence-electron chi connectivity index (χ2n) is 8.99. The van der Waals surface area contributed by atoms with Gasteiger partial charge in [-0.15, -0.1) is 0 Å². The number of hydrogen-bond donors (Lipinski definition) is 3. The Morgan fingerprint density at radius 3 is 2.64 bits per heavy atom. The van der Waals surface area contributed by atoms with Crippen LogP contribution in [0.4, 0.5) is 34.0 Å². The molecule has 1 aliphatic rings. The molecule has 0 bridgehead atoms. The van der Waals surface area contributed by atoms with Crippen molar-refractivity contribution in [3.05, 3.63) is 71.7 Å². The van der Waals surface area contributed by atoms with E-state index in [2.05, 4.69) is 20.3 Å². The Hall–Kier alpha value is -4.75. The Bertz CT molecular complexity index is 1590. The van der Waals surface area contributed by atoms with Crippen LogP contribution in [0.1, 0.15) is 40.5 Å². The number of carbonyl (C=O) groups is 2.